The van der Waals surface area contributed by atoms with Crippen molar-refractivity contribution >= 4 is 5.97 Å². The molecule has 0 spiro atoms. The number of carboxylic acids is 1. The predicted molar refractivity (Wildman–Crippen MR) is 68.7 cm³/mol. The van der Waals surface area contributed by atoms with Gasteiger partial charge in [0.05, 0.1) is 31.8 Å². The Bertz CT molecular complexity index is 257. The van der Waals surface area contributed by atoms with Gasteiger partial charge in [-0.15, -0.1) is 0 Å². The summed E-state index contributed by atoms with van der Waals surface area (Å²) < 4.78 is 10.9. The number of carbonyl (C=O) groups is 1. The van der Waals surface area contributed by atoms with E-state index in [4.69, 9.17) is 9.47 Å². The minimum absolute atomic E-state index is 0.0155. The SMILES string of the molecule is CCCN(CCOC(C)C)C1COCC1C(=O)O. The van der Waals surface area contributed by atoms with Crippen molar-refractivity contribution in [1.82, 2.24) is 4.90 Å². The van der Waals surface area contributed by atoms with Crippen LogP contribution in [0.15, 0.2) is 0 Å². The first-order valence-electron chi connectivity index (χ1n) is 6.72. The molecule has 0 amide bonds. The summed E-state index contributed by atoms with van der Waals surface area (Å²) in [5.74, 6) is -1.17. The minimum atomic E-state index is -0.761. The molecule has 1 fully saturated rings. The molecule has 1 aliphatic rings. The molecule has 5 heteroatoms. The van der Waals surface area contributed by atoms with Crippen LogP contribution in [-0.2, 0) is 14.3 Å². The molecule has 1 heterocycles. The van der Waals surface area contributed by atoms with E-state index in [0.29, 0.717) is 19.8 Å². The van der Waals surface area contributed by atoms with E-state index in [2.05, 4.69) is 11.8 Å². The molecule has 1 aliphatic heterocycles. The van der Waals surface area contributed by atoms with E-state index in [0.717, 1.165) is 19.5 Å². The second-order valence-electron chi connectivity index (χ2n) is 5.01. The number of hydrogen-bond donors (Lipinski definition) is 1. The zero-order valence-electron chi connectivity index (χ0n) is 11.6. The molecular weight excluding hydrogens is 234 g/mol. The lowest BCUT2D eigenvalue weighted by Gasteiger charge is -2.30. The summed E-state index contributed by atoms with van der Waals surface area (Å²) in [5.41, 5.74) is 0. The lowest BCUT2D eigenvalue weighted by Crippen LogP contribution is -2.45. The van der Waals surface area contributed by atoms with Crippen molar-refractivity contribution in [3.8, 4) is 0 Å². The molecule has 0 radical (unpaired) electrons. The van der Waals surface area contributed by atoms with Crippen molar-refractivity contribution in [3.63, 3.8) is 0 Å². The van der Waals surface area contributed by atoms with Crippen LogP contribution in [-0.4, -0.2) is 61.0 Å². The van der Waals surface area contributed by atoms with Gasteiger partial charge >= 0.3 is 5.97 Å². The predicted octanol–water partition coefficient (Wildman–Crippen LogP) is 1.22. The Kier molecular flexibility index (Phi) is 6.60. The average molecular weight is 259 g/mol. The summed E-state index contributed by atoms with van der Waals surface area (Å²) in [6, 6.07) is -0.0155. The van der Waals surface area contributed by atoms with Gasteiger partial charge in [0.15, 0.2) is 0 Å². The molecule has 1 saturated heterocycles. The van der Waals surface area contributed by atoms with Crippen LogP contribution in [0.3, 0.4) is 0 Å². The zero-order chi connectivity index (χ0) is 13.5. The smallest absolute Gasteiger partial charge is 0.310 e. The van der Waals surface area contributed by atoms with Crippen molar-refractivity contribution < 1.29 is 19.4 Å². The van der Waals surface area contributed by atoms with E-state index >= 15 is 0 Å². The number of aliphatic carboxylic acids is 1. The van der Waals surface area contributed by atoms with E-state index in [-0.39, 0.29) is 12.1 Å². The standard InChI is InChI=1S/C13H25NO4/c1-4-5-14(6-7-18-10(2)3)12-9-17-8-11(12)13(15)16/h10-12H,4-9H2,1-3H3,(H,15,16). The average Bonchev–Trinajstić information content (AvgIpc) is 2.76. The van der Waals surface area contributed by atoms with E-state index in [1.54, 1.807) is 0 Å². The summed E-state index contributed by atoms with van der Waals surface area (Å²) in [6.07, 6.45) is 1.22. The highest BCUT2D eigenvalue weighted by Gasteiger charge is 2.37. The monoisotopic (exact) mass is 259 g/mol. The van der Waals surface area contributed by atoms with Gasteiger partial charge < -0.3 is 14.6 Å². The van der Waals surface area contributed by atoms with Crippen LogP contribution in [0.25, 0.3) is 0 Å². The Morgan fingerprint density at radius 3 is 2.72 bits per heavy atom. The summed E-state index contributed by atoms with van der Waals surface area (Å²) in [4.78, 5) is 13.4. The Hall–Kier alpha value is -0.650. The molecule has 0 aromatic rings. The molecule has 0 saturated carbocycles. The highest BCUT2D eigenvalue weighted by Crippen LogP contribution is 2.20. The largest absolute Gasteiger partial charge is 0.481 e. The molecule has 0 aromatic heterocycles. The lowest BCUT2D eigenvalue weighted by atomic mass is 10.0. The molecule has 0 bridgehead atoms. The second-order valence-corrected chi connectivity index (χ2v) is 5.01. The van der Waals surface area contributed by atoms with Gasteiger partial charge in [-0.1, -0.05) is 6.92 Å². The van der Waals surface area contributed by atoms with Gasteiger partial charge in [0.2, 0.25) is 0 Å². The van der Waals surface area contributed by atoms with Gasteiger partial charge in [0, 0.05) is 12.6 Å². The van der Waals surface area contributed by atoms with Gasteiger partial charge in [0.1, 0.15) is 0 Å². The number of nitrogens with zero attached hydrogens (tertiary/aromatic N) is 1. The van der Waals surface area contributed by atoms with Crippen molar-refractivity contribution in [2.75, 3.05) is 32.9 Å². The van der Waals surface area contributed by atoms with Crippen LogP contribution >= 0.6 is 0 Å². The third-order valence-electron chi connectivity index (χ3n) is 3.18. The minimum Gasteiger partial charge on any atom is -0.481 e. The fourth-order valence-electron chi connectivity index (χ4n) is 2.28. The lowest BCUT2D eigenvalue weighted by molar-refractivity contribution is -0.143. The van der Waals surface area contributed by atoms with Crippen molar-refractivity contribution in [3.05, 3.63) is 0 Å². The first-order chi connectivity index (χ1) is 8.56. The summed E-state index contributed by atoms with van der Waals surface area (Å²) >= 11 is 0. The van der Waals surface area contributed by atoms with Crippen molar-refractivity contribution in [2.24, 2.45) is 5.92 Å². The topological polar surface area (TPSA) is 59.0 Å². The zero-order valence-corrected chi connectivity index (χ0v) is 11.6. The van der Waals surface area contributed by atoms with Crippen molar-refractivity contribution in [2.45, 2.75) is 39.3 Å². The van der Waals surface area contributed by atoms with Crippen LogP contribution in [0.4, 0.5) is 0 Å². The number of hydrogen-bond acceptors (Lipinski definition) is 4. The molecule has 1 rings (SSSR count). The molecule has 18 heavy (non-hydrogen) atoms. The molecular formula is C13H25NO4. The summed E-state index contributed by atoms with van der Waals surface area (Å²) in [6.45, 7) is 9.24. The molecule has 0 aliphatic carbocycles. The molecule has 1 N–H and O–H groups in total. The maximum Gasteiger partial charge on any atom is 0.310 e. The summed E-state index contributed by atoms with van der Waals surface area (Å²) in [5, 5.41) is 9.18. The highest BCUT2D eigenvalue weighted by molar-refractivity contribution is 5.71. The normalized spacial score (nSPS) is 24.1. The van der Waals surface area contributed by atoms with E-state index in [1.165, 1.54) is 0 Å². The molecule has 2 atom stereocenters. The van der Waals surface area contributed by atoms with E-state index in [9.17, 15) is 9.90 Å². The number of carboxylic acid groups (broad SMARTS) is 1. The Labute approximate surface area is 109 Å². The van der Waals surface area contributed by atoms with E-state index < -0.39 is 11.9 Å². The van der Waals surface area contributed by atoms with Crippen LogP contribution in [0.2, 0.25) is 0 Å². The molecule has 0 aromatic carbocycles. The fourth-order valence-corrected chi connectivity index (χ4v) is 2.28. The van der Waals surface area contributed by atoms with Crippen LogP contribution < -0.4 is 0 Å². The second kappa shape index (κ2) is 7.71. The molecule has 106 valence electrons. The highest BCUT2D eigenvalue weighted by atomic mass is 16.5. The van der Waals surface area contributed by atoms with Gasteiger partial charge in [-0.25, -0.2) is 0 Å². The Morgan fingerprint density at radius 1 is 1.44 bits per heavy atom. The maximum absolute atomic E-state index is 11.2. The first-order valence-corrected chi connectivity index (χ1v) is 6.72. The van der Waals surface area contributed by atoms with Gasteiger partial charge in [-0.2, -0.15) is 0 Å². The summed E-state index contributed by atoms with van der Waals surface area (Å²) in [7, 11) is 0. The van der Waals surface area contributed by atoms with Crippen molar-refractivity contribution in [1.29, 1.82) is 0 Å². The van der Waals surface area contributed by atoms with Gasteiger partial charge in [-0.3, -0.25) is 9.69 Å². The number of ether oxygens (including phenoxy) is 2. The quantitative estimate of drug-likeness (QED) is 0.710. The van der Waals surface area contributed by atoms with Gasteiger partial charge in [0.25, 0.3) is 0 Å². The molecule has 2 unspecified atom stereocenters. The van der Waals surface area contributed by atoms with Crippen LogP contribution in [0.1, 0.15) is 27.2 Å². The third kappa shape index (κ3) is 4.55. The maximum atomic E-state index is 11.2. The van der Waals surface area contributed by atoms with Crippen LogP contribution in [0, 0.1) is 5.92 Å². The fraction of sp³-hybridized carbons (Fsp3) is 0.923. The Morgan fingerprint density at radius 2 is 2.17 bits per heavy atom. The molecule has 5 nitrogen and oxygen atoms in total. The van der Waals surface area contributed by atoms with E-state index in [1.807, 2.05) is 13.8 Å². The first kappa shape index (κ1) is 15.4. The number of rotatable bonds is 8. The Balaban J connectivity index is 2.51. The van der Waals surface area contributed by atoms with Gasteiger partial charge in [-0.05, 0) is 26.8 Å². The third-order valence-corrected chi connectivity index (χ3v) is 3.18. The van der Waals surface area contributed by atoms with Crippen LogP contribution in [0.5, 0.6) is 0 Å².